The molecule has 2 aromatic rings. The molecule has 0 aliphatic rings. The first kappa shape index (κ1) is 14.7. The van der Waals surface area contributed by atoms with Gasteiger partial charge in [-0.3, -0.25) is 4.79 Å². The van der Waals surface area contributed by atoms with Crippen molar-refractivity contribution in [3.8, 4) is 0 Å². The second-order valence-electron chi connectivity index (χ2n) is 4.77. The van der Waals surface area contributed by atoms with Crippen LogP contribution in [0.25, 0.3) is 0 Å². The van der Waals surface area contributed by atoms with E-state index in [1.165, 1.54) is 11.0 Å². The number of nitrogens with zero attached hydrogens (tertiary/aromatic N) is 4. The van der Waals surface area contributed by atoms with E-state index >= 15 is 0 Å². The number of anilines is 1. The summed E-state index contributed by atoms with van der Waals surface area (Å²) in [5, 5.41) is 10.8. The molecule has 108 valence electrons. The minimum Gasteiger partial charge on any atom is -0.382 e. The Kier molecular flexibility index (Phi) is 4.89. The van der Waals surface area contributed by atoms with Crippen LogP contribution in [0.4, 0.5) is 5.69 Å². The molecule has 0 aliphatic heterocycles. The number of halogens is 1. The molecule has 0 atom stereocenters. The zero-order valence-electron chi connectivity index (χ0n) is 11.3. The summed E-state index contributed by atoms with van der Waals surface area (Å²) < 4.78 is 6.84. The number of aromatic nitrogens is 4. The summed E-state index contributed by atoms with van der Waals surface area (Å²) in [4.78, 5) is 16.0. The Balaban J connectivity index is 2.02. The summed E-state index contributed by atoms with van der Waals surface area (Å²) in [6.07, 6.45) is 3.59. The fraction of sp³-hybridized carbons (Fsp3) is 0.500. The molecule has 2 rings (SSSR count). The second-order valence-corrected chi connectivity index (χ2v) is 5.56. The Labute approximate surface area is 124 Å². The monoisotopic (exact) mass is 341 g/mol. The maximum atomic E-state index is 12.1. The molecule has 0 saturated heterocycles. The van der Waals surface area contributed by atoms with Crippen molar-refractivity contribution in [2.45, 2.75) is 26.8 Å². The minimum atomic E-state index is -0.138. The van der Waals surface area contributed by atoms with E-state index in [0.717, 1.165) is 0 Å². The summed E-state index contributed by atoms with van der Waals surface area (Å²) in [7, 11) is 0. The van der Waals surface area contributed by atoms with Crippen LogP contribution in [0.5, 0.6) is 0 Å². The van der Waals surface area contributed by atoms with Gasteiger partial charge in [-0.1, -0.05) is 19.0 Å². The van der Waals surface area contributed by atoms with Crippen molar-refractivity contribution in [2.24, 2.45) is 5.92 Å². The van der Waals surface area contributed by atoms with E-state index in [0.29, 0.717) is 41.5 Å². The molecule has 0 saturated carbocycles. The SMILES string of the molecule is CC(C)Cn1ncc(NCCc2ncno2)c(Br)c1=O. The Morgan fingerprint density at radius 2 is 2.30 bits per heavy atom. The van der Waals surface area contributed by atoms with Gasteiger partial charge in [0.2, 0.25) is 5.89 Å². The molecule has 0 bridgehead atoms. The summed E-state index contributed by atoms with van der Waals surface area (Å²) in [6.45, 7) is 5.26. The van der Waals surface area contributed by atoms with E-state index in [-0.39, 0.29) is 5.56 Å². The molecule has 20 heavy (non-hydrogen) atoms. The van der Waals surface area contributed by atoms with Crippen molar-refractivity contribution in [1.82, 2.24) is 19.9 Å². The highest BCUT2D eigenvalue weighted by Gasteiger charge is 2.10. The van der Waals surface area contributed by atoms with Crippen LogP contribution in [0.2, 0.25) is 0 Å². The lowest BCUT2D eigenvalue weighted by Crippen LogP contribution is -2.26. The third kappa shape index (κ3) is 3.66. The van der Waals surface area contributed by atoms with Crippen molar-refractivity contribution >= 4 is 21.6 Å². The molecule has 2 aromatic heterocycles. The zero-order valence-corrected chi connectivity index (χ0v) is 12.9. The third-order valence-electron chi connectivity index (χ3n) is 2.58. The van der Waals surface area contributed by atoms with Gasteiger partial charge in [-0.05, 0) is 21.8 Å². The highest BCUT2D eigenvalue weighted by atomic mass is 79.9. The van der Waals surface area contributed by atoms with Crippen LogP contribution < -0.4 is 10.9 Å². The largest absolute Gasteiger partial charge is 0.382 e. The van der Waals surface area contributed by atoms with Crippen molar-refractivity contribution in [2.75, 3.05) is 11.9 Å². The molecule has 0 fully saturated rings. The quantitative estimate of drug-likeness (QED) is 0.860. The lowest BCUT2D eigenvalue weighted by Gasteiger charge is -2.11. The molecular weight excluding hydrogens is 326 g/mol. The van der Waals surface area contributed by atoms with Crippen LogP contribution in [0.3, 0.4) is 0 Å². The molecule has 1 N–H and O–H groups in total. The van der Waals surface area contributed by atoms with Gasteiger partial charge in [-0.15, -0.1) is 0 Å². The average Bonchev–Trinajstić information content (AvgIpc) is 2.90. The van der Waals surface area contributed by atoms with Crippen LogP contribution in [0.1, 0.15) is 19.7 Å². The fourth-order valence-electron chi connectivity index (χ4n) is 1.67. The molecule has 0 unspecified atom stereocenters. The highest BCUT2D eigenvalue weighted by Crippen LogP contribution is 2.16. The second kappa shape index (κ2) is 6.65. The molecular formula is C12H16BrN5O2. The molecule has 8 heteroatoms. The lowest BCUT2D eigenvalue weighted by molar-refractivity contribution is 0.379. The Morgan fingerprint density at radius 3 is 2.95 bits per heavy atom. The van der Waals surface area contributed by atoms with Gasteiger partial charge in [-0.2, -0.15) is 10.1 Å². The van der Waals surface area contributed by atoms with E-state index in [2.05, 4.69) is 36.5 Å². The molecule has 0 spiro atoms. The van der Waals surface area contributed by atoms with Crippen LogP contribution >= 0.6 is 15.9 Å². The maximum absolute atomic E-state index is 12.1. The molecule has 0 amide bonds. The summed E-state index contributed by atoms with van der Waals surface area (Å²) >= 11 is 3.31. The summed E-state index contributed by atoms with van der Waals surface area (Å²) in [5.74, 6) is 0.915. The normalized spacial score (nSPS) is 11.0. The van der Waals surface area contributed by atoms with Crippen molar-refractivity contribution < 1.29 is 4.52 Å². The van der Waals surface area contributed by atoms with E-state index in [1.54, 1.807) is 6.20 Å². The van der Waals surface area contributed by atoms with Gasteiger partial charge in [0.1, 0.15) is 4.47 Å². The van der Waals surface area contributed by atoms with E-state index in [9.17, 15) is 4.79 Å². The third-order valence-corrected chi connectivity index (χ3v) is 3.35. The number of nitrogens with one attached hydrogen (secondary N) is 1. The van der Waals surface area contributed by atoms with Gasteiger partial charge in [0, 0.05) is 19.5 Å². The van der Waals surface area contributed by atoms with E-state index in [4.69, 9.17) is 4.52 Å². The van der Waals surface area contributed by atoms with Crippen LogP contribution in [0, 0.1) is 5.92 Å². The summed E-state index contributed by atoms with van der Waals surface area (Å²) in [5.41, 5.74) is 0.524. The lowest BCUT2D eigenvalue weighted by atomic mass is 10.2. The van der Waals surface area contributed by atoms with Gasteiger partial charge in [0.05, 0.1) is 11.9 Å². The predicted octanol–water partition coefficient (Wildman–Crippen LogP) is 1.70. The van der Waals surface area contributed by atoms with Crippen LogP contribution in [-0.2, 0) is 13.0 Å². The van der Waals surface area contributed by atoms with E-state index in [1.807, 2.05) is 13.8 Å². The van der Waals surface area contributed by atoms with Crippen LogP contribution in [-0.4, -0.2) is 26.5 Å². The number of rotatable bonds is 6. The fourth-order valence-corrected chi connectivity index (χ4v) is 2.12. The maximum Gasteiger partial charge on any atom is 0.283 e. The number of hydrogen-bond donors (Lipinski definition) is 1. The topological polar surface area (TPSA) is 85.8 Å². The standard InChI is InChI=1S/C12H16BrN5O2/c1-8(2)6-18-12(19)11(13)9(5-16-18)14-4-3-10-15-7-17-20-10/h5,7-8,14H,3-4,6H2,1-2H3. The first-order chi connectivity index (χ1) is 9.58. The number of hydrogen-bond acceptors (Lipinski definition) is 6. The Bertz CT molecular complexity index is 609. The molecule has 0 aliphatic carbocycles. The van der Waals surface area contributed by atoms with Crippen molar-refractivity contribution in [3.63, 3.8) is 0 Å². The molecule has 2 heterocycles. The van der Waals surface area contributed by atoms with Gasteiger partial charge < -0.3 is 9.84 Å². The first-order valence-corrected chi connectivity index (χ1v) is 7.12. The average molecular weight is 342 g/mol. The highest BCUT2D eigenvalue weighted by molar-refractivity contribution is 9.10. The first-order valence-electron chi connectivity index (χ1n) is 6.33. The van der Waals surface area contributed by atoms with Crippen molar-refractivity contribution in [3.05, 3.63) is 33.2 Å². The molecule has 7 nitrogen and oxygen atoms in total. The smallest absolute Gasteiger partial charge is 0.283 e. The van der Waals surface area contributed by atoms with Crippen molar-refractivity contribution in [1.29, 1.82) is 0 Å². The van der Waals surface area contributed by atoms with Gasteiger partial charge >= 0.3 is 0 Å². The van der Waals surface area contributed by atoms with E-state index < -0.39 is 0 Å². The zero-order chi connectivity index (χ0) is 14.5. The minimum absolute atomic E-state index is 0.138. The van der Waals surface area contributed by atoms with Gasteiger partial charge in [-0.25, -0.2) is 4.68 Å². The van der Waals surface area contributed by atoms with Gasteiger partial charge in [0.15, 0.2) is 6.33 Å². The van der Waals surface area contributed by atoms with Crippen LogP contribution in [0.15, 0.2) is 26.3 Å². The Morgan fingerprint density at radius 1 is 1.50 bits per heavy atom. The summed E-state index contributed by atoms with van der Waals surface area (Å²) in [6, 6.07) is 0. The van der Waals surface area contributed by atoms with Gasteiger partial charge in [0.25, 0.3) is 5.56 Å². The molecule has 0 radical (unpaired) electrons. The predicted molar refractivity (Wildman–Crippen MR) is 77.5 cm³/mol. The Hall–Kier alpha value is -1.70. The molecule has 0 aromatic carbocycles.